The summed E-state index contributed by atoms with van der Waals surface area (Å²) >= 11 is -0.458. The molecule has 0 fully saturated rings. The first kappa shape index (κ1) is 16.8. The van der Waals surface area contributed by atoms with E-state index in [0.29, 0.717) is 0 Å². The molecule has 1 rings (SSSR count). The molecular weight excluding hydrogens is 343 g/mol. The Balaban J connectivity index is 0.000000304. The Hall–Kier alpha value is -0.231. The molecule has 1 aromatic heterocycles. The van der Waals surface area contributed by atoms with E-state index in [1.165, 1.54) is 24.2 Å². The van der Waals surface area contributed by atoms with Crippen molar-refractivity contribution in [3.63, 3.8) is 0 Å². The average molecular weight is 363 g/mol. The van der Waals surface area contributed by atoms with Crippen LogP contribution in [0.2, 0.25) is 8.87 Å². The standard InChI is InChI=1S/C6H6O2S.C4H9.C2H5.O.Sn/c7-6(8)4-5-2-1-3-9-5;1-3-4-2;1-2;;/h1-3H,4H2,(H,7,8);1,3-4H2,2H3;1H2,2H3;;. The smallest absolute Gasteiger partial charge is 0.308 e. The van der Waals surface area contributed by atoms with Gasteiger partial charge in [-0.05, 0) is 11.4 Å². The fourth-order valence-electron chi connectivity index (χ4n) is 1.11. The summed E-state index contributed by atoms with van der Waals surface area (Å²) in [6.07, 6.45) is 2.54. The molecule has 1 aromatic rings. The van der Waals surface area contributed by atoms with Gasteiger partial charge < -0.3 is 5.11 Å². The zero-order chi connectivity index (χ0) is 13.1. The SMILES string of the molecule is CCC[CH2][Sn](=[O])[CH2]C.O=C(O)Cc1cccs1. The van der Waals surface area contributed by atoms with Crippen LogP contribution in [0.25, 0.3) is 0 Å². The van der Waals surface area contributed by atoms with E-state index in [1.54, 1.807) is 0 Å². The normalized spacial score (nSPS) is 9.29. The number of carbonyl (C=O) groups is 1. The number of thiophene rings is 1. The first-order valence-corrected chi connectivity index (χ1v) is 11.9. The molecule has 0 saturated carbocycles. The van der Waals surface area contributed by atoms with Crippen molar-refractivity contribution in [2.75, 3.05) is 0 Å². The van der Waals surface area contributed by atoms with Gasteiger partial charge in [-0.2, -0.15) is 0 Å². The second kappa shape index (κ2) is 10.9. The maximum atomic E-state index is 10.9. The Bertz CT molecular complexity index is 323. The number of aliphatic carboxylic acids is 1. The van der Waals surface area contributed by atoms with Crippen molar-refractivity contribution in [3.05, 3.63) is 22.4 Å². The summed E-state index contributed by atoms with van der Waals surface area (Å²) < 4.78 is 12.9. The Labute approximate surface area is 114 Å². The molecule has 0 spiro atoms. The molecule has 1 N–H and O–H groups in total. The van der Waals surface area contributed by atoms with Crippen molar-refractivity contribution in [3.8, 4) is 0 Å². The first-order chi connectivity index (χ1) is 8.10. The molecule has 0 unspecified atom stereocenters. The third kappa shape index (κ3) is 10.6. The van der Waals surface area contributed by atoms with Crippen LogP contribution in [0.4, 0.5) is 0 Å². The minimum Gasteiger partial charge on any atom is -0.481 e. The summed E-state index contributed by atoms with van der Waals surface area (Å²) in [4.78, 5) is 11.0. The first-order valence-electron chi connectivity index (χ1n) is 5.86. The van der Waals surface area contributed by atoms with E-state index in [1.807, 2.05) is 24.4 Å². The van der Waals surface area contributed by atoms with Crippen LogP contribution < -0.4 is 0 Å². The fraction of sp³-hybridized carbons (Fsp3) is 0.583. The summed E-state index contributed by atoms with van der Waals surface area (Å²) in [5.74, 6) is -0.766. The van der Waals surface area contributed by atoms with Gasteiger partial charge in [0.1, 0.15) is 0 Å². The summed E-state index contributed by atoms with van der Waals surface area (Å²) in [7, 11) is 0. The van der Waals surface area contributed by atoms with Crippen LogP contribution in [-0.2, 0) is 14.3 Å². The molecule has 0 saturated heterocycles. The zero-order valence-electron chi connectivity index (χ0n) is 10.4. The van der Waals surface area contributed by atoms with Gasteiger partial charge in [-0.25, -0.2) is 0 Å². The Morgan fingerprint density at radius 1 is 1.47 bits per heavy atom. The minimum atomic E-state index is -1.93. The van der Waals surface area contributed by atoms with Crippen molar-refractivity contribution >= 4 is 37.1 Å². The number of carboxylic acids is 1. The van der Waals surface area contributed by atoms with Crippen LogP contribution in [0, 0.1) is 0 Å². The van der Waals surface area contributed by atoms with Crippen molar-refractivity contribution in [2.45, 2.75) is 42.0 Å². The molecule has 1 heterocycles. The number of rotatable bonds is 6. The van der Waals surface area contributed by atoms with Gasteiger partial charge in [0.25, 0.3) is 0 Å². The molecule has 0 atom stereocenters. The largest absolute Gasteiger partial charge is 0.481 e. The third-order valence-corrected chi connectivity index (χ3v) is 7.84. The predicted octanol–water partition coefficient (Wildman–Crippen LogP) is 3.60. The van der Waals surface area contributed by atoms with E-state index in [2.05, 4.69) is 6.92 Å². The van der Waals surface area contributed by atoms with Gasteiger partial charge in [-0.15, -0.1) is 11.3 Å². The molecule has 0 amide bonds. The average Bonchev–Trinajstić information content (AvgIpc) is 2.78. The van der Waals surface area contributed by atoms with Crippen molar-refractivity contribution in [2.24, 2.45) is 0 Å². The molecule has 17 heavy (non-hydrogen) atoms. The number of hydrogen-bond acceptors (Lipinski definition) is 3. The fourth-order valence-corrected chi connectivity index (χ4v) is 4.95. The van der Waals surface area contributed by atoms with Crippen LogP contribution in [0.3, 0.4) is 0 Å². The molecule has 0 aliphatic carbocycles. The minimum absolute atomic E-state index is 0.150. The molecule has 96 valence electrons. The number of hydrogen-bond donors (Lipinski definition) is 1. The molecular formula is C12H20O3SSn. The van der Waals surface area contributed by atoms with Gasteiger partial charge in [0.05, 0.1) is 6.42 Å². The van der Waals surface area contributed by atoms with E-state index >= 15 is 0 Å². The maximum absolute atomic E-state index is 10.9. The molecule has 0 aliphatic heterocycles. The molecule has 5 heteroatoms. The molecule has 3 nitrogen and oxygen atoms in total. The summed E-state index contributed by atoms with van der Waals surface area (Å²) in [5, 5.41) is 10.2. The van der Waals surface area contributed by atoms with Crippen LogP contribution in [-0.4, -0.2) is 30.8 Å². The Morgan fingerprint density at radius 2 is 2.18 bits per heavy atom. The van der Waals surface area contributed by atoms with Gasteiger partial charge in [0, 0.05) is 4.88 Å². The summed E-state index contributed by atoms with van der Waals surface area (Å²) in [5.41, 5.74) is 0. The third-order valence-electron chi connectivity index (χ3n) is 2.11. The summed E-state index contributed by atoms with van der Waals surface area (Å²) in [6, 6.07) is 3.67. The van der Waals surface area contributed by atoms with Crippen LogP contribution in [0.15, 0.2) is 17.5 Å². The van der Waals surface area contributed by atoms with E-state index in [9.17, 15) is 7.87 Å². The van der Waals surface area contributed by atoms with E-state index in [4.69, 9.17) is 5.11 Å². The second-order valence-corrected chi connectivity index (χ2v) is 11.2. The van der Waals surface area contributed by atoms with E-state index in [-0.39, 0.29) is 6.42 Å². The Kier molecular flexibility index (Phi) is 10.7. The quantitative estimate of drug-likeness (QED) is 0.786. The van der Waals surface area contributed by atoms with Crippen LogP contribution in [0.5, 0.6) is 0 Å². The zero-order valence-corrected chi connectivity index (χ0v) is 14.1. The van der Waals surface area contributed by atoms with Gasteiger partial charge in [0.2, 0.25) is 0 Å². The van der Waals surface area contributed by atoms with Crippen molar-refractivity contribution < 1.29 is 13.0 Å². The van der Waals surface area contributed by atoms with E-state index < -0.39 is 25.7 Å². The van der Waals surface area contributed by atoms with Crippen LogP contribution >= 0.6 is 11.3 Å². The van der Waals surface area contributed by atoms with E-state index in [0.717, 1.165) is 13.8 Å². The van der Waals surface area contributed by atoms with Crippen LogP contribution in [0.1, 0.15) is 31.6 Å². The Morgan fingerprint density at radius 3 is 2.59 bits per heavy atom. The van der Waals surface area contributed by atoms with Gasteiger partial charge >= 0.3 is 64.4 Å². The summed E-state index contributed by atoms with van der Waals surface area (Å²) in [6.45, 7) is 4.18. The topological polar surface area (TPSA) is 54.4 Å². The van der Waals surface area contributed by atoms with Crippen molar-refractivity contribution in [1.82, 2.24) is 0 Å². The predicted molar refractivity (Wildman–Crippen MR) is 72.3 cm³/mol. The molecule has 0 radical (unpaired) electrons. The van der Waals surface area contributed by atoms with Gasteiger partial charge in [0.15, 0.2) is 0 Å². The molecule has 0 aliphatic rings. The number of unbranched alkanes of at least 4 members (excludes halogenated alkanes) is 1. The molecule has 0 bridgehead atoms. The number of carboxylic acid groups (broad SMARTS) is 1. The molecule has 0 aromatic carbocycles. The monoisotopic (exact) mass is 364 g/mol. The van der Waals surface area contributed by atoms with Crippen molar-refractivity contribution in [1.29, 1.82) is 0 Å². The second-order valence-electron chi connectivity index (χ2n) is 3.65. The van der Waals surface area contributed by atoms with Gasteiger partial charge in [-0.3, -0.25) is 4.79 Å². The maximum Gasteiger partial charge on any atom is 0.308 e. The van der Waals surface area contributed by atoms with Gasteiger partial charge in [-0.1, -0.05) is 6.07 Å².